The van der Waals surface area contributed by atoms with Gasteiger partial charge in [-0.2, -0.15) is 0 Å². The number of rotatable bonds is 11. The zero-order valence-electron chi connectivity index (χ0n) is 19.5. The average Bonchev–Trinajstić information content (AvgIpc) is 3.29. The summed E-state index contributed by atoms with van der Waals surface area (Å²) in [4.78, 5) is 26.7. The van der Waals surface area contributed by atoms with E-state index in [0.717, 1.165) is 42.5 Å². The highest BCUT2D eigenvalue weighted by molar-refractivity contribution is 5.94. The van der Waals surface area contributed by atoms with Crippen LogP contribution in [-0.4, -0.2) is 53.7 Å². The molecule has 3 N–H and O–H groups in total. The molecule has 1 aliphatic rings. The van der Waals surface area contributed by atoms with Gasteiger partial charge in [-0.25, -0.2) is 5.48 Å². The van der Waals surface area contributed by atoms with Gasteiger partial charge in [-0.3, -0.25) is 19.7 Å². The minimum Gasteiger partial charge on any atom is -0.488 e. The molecule has 2 aromatic carbocycles. The fourth-order valence-corrected chi connectivity index (χ4v) is 4.11. The lowest BCUT2D eigenvalue weighted by molar-refractivity contribution is -0.129. The van der Waals surface area contributed by atoms with Crippen LogP contribution in [0.25, 0.3) is 10.8 Å². The van der Waals surface area contributed by atoms with E-state index in [1.165, 1.54) is 0 Å². The van der Waals surface area contributed by atoms with Crippen molar-refractivity contribution in [3.05, 3.63) is 54.1 Å². The van der Waals surface area contributed by atoms with E-state index in [1.54, 1.807) is 5.48 Å². The second-order valence-electron chi connectivity index (χ2n) is 8.82. The zero-order valence-corrected chi connectivity index (χ0v) is 19.5. The maximum Gasteiger partial charge on any atom is 0.250 e. The molecule has 1 fully saturated rings. The molecule has 2 amide bonds. The van der Waals surface area contributed by atoms with E-state index in [0.29, 0.717) is 24.5 Å². The molecule has 1 atom stereocenters. The van der Waals surface area contributed by atoms with Crippen molar-refractivity contribution in [1.82, 2.24) is 15.7 Å². The highest BCUT2D eigenvalue weighted by Crippen LogP contribution is 2.25. The Morgan fingerprint density at radius 3 is 2.73 bits per heavy atom. The number of benzene rings is 2. The van der Waals surface area contributed by atoms with Crippen molar-refractivity contribution >= 4 is 22.6 Å². The predicted octanol–water partition coefficient (Wildman–Crippen LogP) is 3.81. The van der Waals surface area contributed by atoms with Crippen LogP contribution in [0.4, 0.5) is 0 Å². The third kappa shape index (κ3) is 7.30. The van der Waals surface area contributed by atoms with Gasteiger partial charge in [-0.05, 0) is 51.0 Å². The van der Waals surface area contributed by atoms with E-state index in [-0.39, 0.29) is 25.0 Å². The lowest BCUT2D eigenvalue weighted by Crippen LogP contribution is -2.39. The van der Waals surface area contributed by atoms with Gasteiger partial charge in [0.1, 0.15) is 12.4 Å². The third-order valence-corrected chi connectivity index (χ3v) is 6.08. The van der Waals surface area contributed by atoms with Gasteiger partial charge in [-0.1, -0.05) is 42.5 Å². The van der Waals surface area contributed by atoms with Gasteiger partial charge in [0, 0.05) is 37.0 Å². The van der Waals surface area contributed by atoms with Gasteiger partial charge >= 0.3 is 0 Å². The van der Waals surface area contributed by atoms with Crippen LogP contribution in [0, 0.1) is 0 Å². The Labute approximate surface area is 195 Å². The number of nitrogens with zero attached hydrogens (tertiary/aromatic N) is 1. The van der Waals surface area contributed by atoms with Crippen molar-refractivity contribution in [3.63, 3.8) is 0 Å². The highest BCUT2D eigenvalue weighted by Gasteiger charge is 2.26. The van der Waals surface area contributed by atoms with Crippen LogP contribution < -0.4 is 15.5 Å². The van der Waals surface area contributed by atoms with Crippen molar-refractivity contribution < 1.29 is 19.5 Å². The molecule has 1 aliphatic heterocycles. The Morgan fingerprint density at radius 2 is 1.97 bits per heavy atom. The van der Waals surface area contributed by atoms with Gasteiger partial charge in [0.2, 0.25) is 5.91 Å². The van der Waals surface area contributed by atoms with Crippen LogP contribution in [-0.2, 0) is 9.59 Å². The van der Waals surface area contributed by atoms with Crippen molar-refractivity contribution in [2.45, 2.75) is 58.0 Å². The number of hydrogen-bond donors (Lipinski definition) is 3. The Balaban J connectivity index is 1.64. The molecule has 0 saturated carbocycles. The molecule has 178 valence electrons. The topological polar surface area (TPSA) is 90.9 Å². The summed E-state index contributed by atoms with van der Waals surface area (Å²) >= 11 is 0. The number of carbonyl (C=O) groups excluding carboxylic acids is 2. The maximum atomic E-state index is 13.1. The molecule has 1 saturated heterocycles. The molecule has 7 heteroatoms. The smallest absolute Gasteiger partial charge is 0.250 e. The molecule has 2 aromatic rings. The summed E-state index contributed by atoms with van der Waals surface area (Å²) in [6, 6.07) is 14.5. The highest BCUT2D eigenvalue weighted by atomic mass is 16.5. The van der Waals surface area contributed by atoms with Crippen LogP contribution >= 0.6 is 0 Å². The van der Waals surface area contributed by atoms with Gasteiger partial charge in [-0.15, -0.1) is 0 Å². The van der Waals surface area contributed by atoms with Crippen molar-refractivity contribution in [2.75, 3.05) is 19.7 Å². The number of hydrogen-bond acceptors (Lipinski definition) is 5. The summed E-state index contributed by atoms with van der Waals surface area (Å²) < 4.78 is 6.10. The van der Waals surface area contributed by atoms with Crippen LogP contribution in [0.2, 0.25) is 0 Å². The summed E-state index contributed by atoms with van der Waals surface area (Å²) in [6.07, 6.45) is 5.13. The van der Waals surface area contributed by atoms with Gasteiger partial charge < -0.3 is 10.1 Å². The first-order chi connectivity index (χ1) is 16.0. The Morgan fingerprint density at radius 1 is 1.18 bits per heavy atom. The Bertz CT molecular complexity index is 968. The van der Waals surface area contributed by atoms with Crippen LogP contribution in [0.5, 0.6) is 5.75 Å². The van der Waals surface area contributed by atoms with E-state index >= 15 is 0 Å². The van der Waals surface area contributed by atoms with Crippen LogP contribution in [0.15, 0.2) is 54.1 Å². The third-order valence-electron chi connectivity index (χ3n) is 6.08. The molecule has 33 heavy (non-hydrogen) atoms. The summed E-state index contributed by atoms with van der Waals surface area (Å²) in [7, 11) is 0. The number of ether oxygens (including phenoxy) is 1. The molecule has 1 heterocycles. The normalized spacial score (nSPS) is 16.8. The Kier molecular flexibility index (Phi) is 9.27. The molecular formula is C26H35N3O4. The van der Waals surface area contributed by atoms with E-state index in [2.05, 4.69) is 24.1 Å². The molecule has 0 radical (unpaired) electrons. The average molecular weight is 454 g/mol. The van der Waals surface area contributed by atoms with Gasteiger partial charge in [0.25, 0.3) is 5.91 Å². The maximum absolute atomic E-state index is 13.1. The number of likely N-dealkylation sites (tertiary alicyclic amines) is 1. The molecule has 0 bridgehead atoms. The molecule has 3 rings (SSSR count). The van der Waals surface area contributed by atoms with Crippen molar-refractivity contribution in [1.29, 1.82) is 0 Å². The standard InChI is InChI=1S/C26H35N3O4/c1-19(2)29-16-15-22(17-29)27-26(31)21(10-4-3-5-14-25(30)28-32)18-33-24-13-8-11-20-9-6-7-12-23(20)24/h6-13,19,22,32H,3-5,14-18H2,1-2H3,(H,27,31)(H,28,30). The van der Waals surface area contributed by atoms with E-state index in [4.69, 9.17) is 9.94 Å². The fraction of sp³-hybridized carbons (Fsp3) is 0.462. The number of amides is 2. The Hall–Kier alpha value is -2.90. The first kappa shape index (κ1) is 24.7. The summed E-state index contributed by atoms with van der Waals surface area (Å²) in [5, 5.41) is 13.9. The minimum absolute atomic E-state index is 0.0982. The zero-order chi connectivity index (χ0) is 23.6. The van der Waals surface area contributed by atoms with Crippen LogP contribution in [0.3, 0.4) is 0 Å². The molecule has 7 nitrogen and oxygen atoms in total. The lowest BCUT2D eigenvalue weighted by atomic mass is 10.1. The number of carbonyl (C=O) groups is 2. The first-order valence-electron chi connectivity index (χ1n) is 11.8. The predicted molar refractivity (Wildman–Crippen MR) is 129 cm³/mol. The van der Waals surface area contributed by atoms with Crippen LogP contribution in [0.1, 0.15) is 46.0 Å². The van der Waals surface area contributed by atoms with Crippen molar-refractivity contribution in [2.24, 2.45) is 0 Å². The number of allylic oxidation sites excluding steroid dienone is 1. The monoisotopic (exact) mass is 453 g/mol. The van der Waals surface area contributed by atoms with E-state index < -0.39 is 5.91 Å². The van der Waals surface area contributed by atoms with Gasteiger partial charge in [0.05, 0.1) is 5.57 Å². The second kappa shape index (κ2) is 12.4. The van der Waals surface area contributed by atoms with Crippen molar-refractivity contribution in [3.8, 4) is 5.75 Å². The lowest BCUT2D eigenvalue weighted by Gasteiger charge is -2.21. The molecule has 0 spiro atoms. The largest absolute Gasteiger partial charge is 0.488 e. The fourth-order valence-electron chi connectivity index (χ4n) is 4.11. The number of nitrogens with one attached hydrogen (secondary N) is 2. The quantitative estimate of drug-likeness (QED) is 0.208. The van der Waals surface area contributed by atoms with Gasteiger partial charge in [0.15, 0.2) is 0 Å². The first-order valence-corrected chi connectivity index (χ1v) is 11.8. The summed E-state index contributed by atoms with van der Waals surface area (Å²) in [6.45, 7) is 6.37. The summed E-state index contributed by atoms with van der Waals surface area (Å²) in [5.41, 5.74) is 2.24. The molecule has 0 aromatic heterocycles. The number of unbranched alkanes of at least 4 members (excludes halogenated alkanes) is 2. The number of hydroxylamine groups is 1. The molecule has 1 unspecified atom stereocenters. The summed E-state index contributed by atoms with van der Waals surface area (Å²) in [5.74, 6) is 0.254. The molecular weight excluding hydrogens is 418 g/mol. The number of fused-ring (bicyclic) bond motifs is 1. The van der Waals surface area contributed by atoms with E-state index in [9.17, 15) is 9.59 Å². The second-order valence-corrected chi connectivity index (χ2v) is 8.82. The minimum atomic E-state index is -0.396. The van der Waals surface area contributed by atoms with E-state index in [1.807, 2.05) is 48.5 Å². The SMILES string of the molecule is CC(C)N1CCC(NC(=O)C(=CCCCCC(=O)NO)COc2cccc3ccccc23)C1. The molecule has 0 aliphatic carbocycles.